The largest absolute Gasteiger partial charge is 0.371 e. The summed E-state index contributed by atoms with van der Waals surface area (Å²) in [6, 6.07) is 0. The second-order valence-corrected chi connectivity index (χ2v) is 4.48. The molecule has 0 heterocycles. The number of hydrogen-bond acceptors (Lipinski definition) is 2. The van der Waals surface area contributed by atoms with Crippen molar-refractivity contribution < 1.29 is 9.53 Å². The van der Waals surface area contributed by atoms with E-state index in [4.69, 9.17) is 0 Å². The fourth-order valence-electron chi connectivity index (χ4n) is 0.276. The molecule has 0 aromatic carbocycles. The van der Waals surface area contributed by atoms with Gasteiger partial charge >= 0.3 is 5.97 Å². The molecule has 0 aliphatic heterocycles. The van der Waals surface area contributed by atoms with Crippen LogP contribution >= 0.6 is 15.9 Å². The molecule has 0 atom stereocenters. The standard InChI is InChI=1S/C8H11BrO2/c1-4-5-6-11-7(10)8(2,3)9/h4H2,1-3H3. The smallest absolute Gasteiger partial charge is 0.336 e. The first kappa shape index (κ1) is 10.5. The van der Waals surface area contributed by atoms with Gasteiger partial charge in [0.1, 0.15) is 10.4 Å². The molecule has 0 radical (unpaired) electrons. The van der Waals surface area contributed by atoms with E-state index in [0.717, 1.165) is 0 Å². The Morgan fingerprint density at radius 2 is 2.18 bits per heavy atom. The van der Waals surface area contributed by atoms with Crippen molar-refractivity contribution in [2.75, 3.05) is 0 Å². The molecule has 0 aromatic heterocycles. The Hall–Kier alpha value is -0.490. The summed E-state index contributed by atoms with van der Waals surface area (Å²) in [6.45, 7) is 5.31. The summed E-state index contributed by atoms with van der Waals surface area (Å²) in [5, 5.41) is 0. The van der Waals surface area contributed by atoms with Crippen LogP contribution in [0.2, 0.25) is 0 Å². The third kappa shape index (κ3) is 4.86. The molecule has 2 nitrogen and oxygen atoms in total. The minimum absolute atomic E-state index is 0.363. The van der Waals surface area contributed by atoms with E-state index >= 15 is 0 Å². The molecule has 0 aliphatic carbocycles. The van der Waals surface area contributed by atoms with Crippen LogP contribution in [0.5, 0.6) is 0 Å². The maximum atomic E-state index is 11.0. The number of esters is 1. The van der Waals surface area contributed by atoms with Gasteiger partial charge in [-0.15, -0.1) is 0 Å². The predicted octanol–water partition coefficient (Wildman–Crippen LogP) is 2.07. The zero-order chi connectivity index (χ0) is 8.91. The van der Waals surface area contributed by atoms with Crippen LogP contribution in [-0.2, 0) is 9.53 Å². The summed E-state index contributed by atoms with van der Waals surface area (Å²) >= 11 is 3.15. The topological polar surface area (TPSA) is 26.3 Å². The first-order valence-electron chi connectivity index (χ1n) is 3.36. The fourth-order valence-corrected chi connectivity index (χ4v) is 0.357. The van der Waals surface area contributed by atoms with Crippen molar-refractivity contribution in [3.05, 3.63) is 0 Å². The van der Waals surface area contributed by atoms with Gasteiger partial charge in [0, 0.05) is 6.42 Å². The summed E-state index contributed by atoms with van der Waals surface area (Å²) in [5.74, 6) is 2.27. The van der Waals surface area contributed by atoms with Crippen molar-refractivity contribution in [2.24, 2.45) is 0 Å². The van der Waals surface area contributed by atoms with E-state index in [1.807, 2.05) is 6.92 Å². The highest BCUT2D eigenvalue weighted by Crippen LogP contribution is 2.16. The van der Waals surface area contributed by atoms with E-state index in [-0.39, 0.29) is 5.97 Å². The first-order chi connectivity index (χ1) is 4.98. The Morgan fingerprint density at radius 1 is 1.64 bits per heavy atom. The lowest BCUT2D eigenvalue weighted by Crippen LogP contribution is -2.24. The van der Waals surface area contributed by atoms with Crippen LogP contribution in [0, 0.1) is 12.0 Å². The van der Waals surface area contributed by atoms with Crippen LogP contribution < -0.4 is 0 Å². The zero-order valence-corrected chi connectivity index (χ0v) is 8.49. The van der Waals surface area contributed by atoms with E-state index in [1.54, 1.807) is 13.8 Å². The highest BCUT2D eigenvalue weighted by atomic mass is 79.9. The molecule has 0 amide bonds. The summed E-state index contributed by atoms with van der Waals surface area (Å²) in [5.41, 5.74) is 0. The molecule has 0 spiro atoms. The van der Waals surface area contributed by atoms with Crippen LogP contribution in [0.1, 0.15) is 27.2 Å². The van der Waals surface area contributed by atoms with E-state index in [0.29, 0.717) is 6.42 Å². The number of ether oxygens (including phenoxy) is 1. The molecular weight excluding hydrogens is 208 g/mol. The molecule has 0 rings (SSSR count). The first-order valence-corrected chi connectivity index (χ1v) is 4.16. The number of halogens is 1. The van der Waals surface area contributed by atoms with E-state index < -0.39 is 4.32 Å². The highest BCUT2D eigenvalue weighted by Gasteiger charge is 2.25. The molecule has 0 bridgehead atoms. The highest BCUT2D eigenvalue weighted by molar-refractivity contribution is 9.10. The number of hydrogen-bond donors (Lipinski definition) is 0. The normalized spacial score (nSPS) is 9.82. The van der Waals surface area contributed by atoms with Gasteiger partial charge in [0.05, 0.1) is 0 Å². The van der Waals surface area contributed by atoms with Crippen LogP contribution in [0.25, 0.3) is 0 Å². The minimum atomic E-state index is -0.643. The quantitative estimate of drug-likeness (QED) is 0.383. The van der Waals surface area contributed by atoms with Crippen molar-refractivity contribution in [2.45, 2.75) is 31.5 Å². The molecule has 0 aromatic rings. The zero-order valence-electron chi connectivity index (χ0n) is 6.90. The number of rotatable bonds is 1. The van der Waals surface area contributed by atoms with Crippen molar-refractivity contribution >= 4 is 21.9 Å². The summed E-state index contributed by atoms with van der Waals surface area (Å²) < 4.78 is 3.96. The second-order valence-electron chi connectivity index (χ2n) is 2.49. The van der Waals surface area contributed by atoms with Gasteiger partial charge in [-0.25, -0.2) is 4.79 Å². The lowest BCUT2D eigenvalue weighted by Gasteiger charge is -2.09. The molecule has 0 N–H and O–H groups in total. The average molecular weight is 219 g/mol. The third-order valence-corrected chi connectivity index (χ3v) is 1.20. The fraction of sp³-hybridized carbons (Fsp3) is 0.625. The second kappa shape index (κ2) is 4.40. The molecular formula is C8H11BrO2. The molecule has 0 aliphatic rings. The molecule has 0 fully saturated rings. The third-order valence-electron chi connectivity index (χ3n) is 0.878. The molecule has 62 valence electrons. The number of carbonyl (C=O) groups is 1. The summed E-state index contributed by atoms with van der Waals surface area (Å²) in [6.07, 6.45) is 3.00. The van der Waals surface area contributed by atoms with Gasteiger partial charge in [0.25, 0.3) is 0 Å². The Kier molecular flexibility index (Phi) is 4.20. The molecule has 0 unspecified atom stereocenters. The van der Waals surface area contributed by atoms with Gasteiger partial charge in [0.15, 0.2) is 0 Å². The number of carbonyl (C=O) groups excluding carboxylic acids is 1. The maximum absolute atomic E-state index is 11.0. The lowest BCUT2D eigenvalue weighted by molar-refractivity contribution is -0.138. The van der Waals surface area contributed by atoms with Gasteiger partial charge in [-0.2, -0.15) is 0 Å². The van der Waals surface area contributed by atoms with Crippen molar-refractivity contribution in [3.63, 3.8) is 0 Å². The maximum Gasteiger partial charge on any atom is 0.336 e. The minimum Gasteiger partial charge on any atom is -0.371 e. The average Bonchev–Trinajstić information content (AvgIpc) is 1.86. The van der Waals surface area contributed by atoms with Crippen LogP contribution in [-0.4, -0.2) is 10.3 Å². The SMILES string of the molecule is CCC#COC(=O)C(C)(C)Br. The molecule has 3 heteroatoms. The Balaban J connectivity index is 3.90. The van der Waals surface area contributed by atoms with Crippen molar-refractivity contribution in [3.8, 4) is 12.0 Å². The number of alkyl halides is 1. The summed E-state index contributed by atoms with van der Waals surface area (Å²) in [4.78, 5) is 11.0. The van der Waals surface area contributed by atoms with Gasteiger partial charge < -0.3 is 4.74 Å². The van der Waals surface area contributed by atoms with Gasteiger partial charge in [-0.3, -0.25) is 0 Å². The molecule has 0 saturated carbocycles. The Labute approximate surface area is 75.4 Å². The van der Waals surface area contributed by atoms with Gasteiger partial charge in [0.2, 0.25) is 0 Å². The summed E-state index contributed by atoms with van der Waals surface area (Å²) in [7, 11) is 0. The monoisotopic (exact) mass is 218 g/mol. The van der Waals surface area contributed by atoms with Gasteiger partial charge in [-0.05, 0) is 13.8 Å². The van der Waals surface area contributed by atoms with Crippen molar-refractivity contribution in [1.82, 2.24) is 0 Å². The lowest BCUT2D eigenvalue weighted by atomic mass is 10.2. The molecule has 11 heavy (non-hydrogen) atoms. The van der Waals surface area contributed by atoms with E-state index in [2.05, 4.69) is 32.7 Å². The van der Waals surface area contributed by atoms with Crippen molar-refractivity contribution in [1.29, 1.82) is 0 Å². The van der Waals surface area contributed by atoms with Crippen LogP contribution in [0.4, 0.5) is 0 Å². The Morgan fingerprint density at radius 3 is 2.55 bits per heavy atom. The predicted molar refractivity (Wildman–Crippen MR) is 47.2 cm³/mol. The van der Waals surface area contributed by atoms with Crippen LogP contribution in [0.15, 0.2) is 0 Å². The van der Waals surface area contributed by atoms with E-state index in [1.165, 1.54) is 0 Å². The van der Waals surface area contributed by atoms with Gasteiger partial charge in [-0.1, -0.05) is 28.8 Å². The van der Waals surface area contributed by atoms with E-state index in [9.17, 15) is 4.79 Å². The Bertz CT molecular complexity index is 192. The molecule has 0 saturated heterocycles. The van der Waals surface area contributed by atoms with Crippen LogP contribution in [0.3, 0.4) is 0 Å².